The molecule has 0 fully saturated rings. The average molecular weight is 230 g/mol. The first kappa shape index (κ1) is 13.5. The van der Waals surface area contributed by atoms with Gasteiger partial charge in [-0.3, -0.25) is 0 Å². The van der Waals surface area contributed by atoms with Crippen molar-refractivity contribution in [1.29, 1.82) is 0 Å². The normalized spacial score (nSPS) is 11.2. The van der Waals surface area contributed by atoms with Gasteiger partial charge in [0.05, 0.1) is 6.61 Å². The molecule has 90 valence electrons. The fraction of sp³-hybridized carbons (Fsp3) is 0.333. The van der Waals surface area contributed by atoms with E-state index in [9.17, 15) is 5.11 Å². The summed E-state index contributed by atoms with van der Waals surface area (Å²) in [5.41, 5.74) is 0.210. The minimum atomic E-state index is -0.941. The van der Waals surface area contributed by atoms with Crippen LogP contribution >= 0.6 is 0 Å². The summed E-state index contributed by atoms with van der Waals surface area (Å²) in [7, 11) is 0. The van der Waals surface area contributed by atoms with E-state index in [1.807, 2.05) is 42.5 Å². The molecule has 0 atom stereocenters. The monoisotopic (exact) mass is 230 g/mol. The molecule has 0 aromatic heterocycles. The lowest BCUT2D eigenvalue weighted by molar-refractivity contribution is 0.142. The summed E-state index contributed by atoms with van der Waals surface area (Å²) in [5.74, 6) is 5.45. The van der Waals surface area contributed by atoms with Crippen LogP contribution in [0.5, 0.6) is 0 Å². The van der Waals surface area contributed by atoms with Gasteiger partial charge in [0, 0.05) is 0 Å². The molecule has 0 aliphatic rings. The van der Waals surface area contributed by atoms with Crippen LogP contribution in [0.4, 0.5) is 0 Å². The summed E-state index contributed by atoms with van der Waals surface area (Å²) in [6, 6.07) is 10.0. The lowest BCUT2D eigenvalue weighted by atomic mass is 10.1. The Labute approximate surface area is 103 Å². The van der Waals surface area contributed by atoms with Crippen molar-refractivity contribution in [2.24, 2.45) is 0 Å². The van der Waals surface area contributed by atoms with Crippen molar-refractivity contribution >= 4 is 6.08 Å². The van der Waals surface area contributed by atoms with E-state index in [4.69, 9.17) is 4.74 Å². The Morgan fingerprint density at radius 1 is 1.29 bits per heavy atom. The van der Waals surface area contributed by atoms with Crippen molar-refractivity contribution in [2.75, 3.05) is 13.2 Å². The lowest BCUT2D eigenvalue weighted by Gasteiger charge is -2.05. The molecule has 1 aromatic rings. The van der Waals surface area contributed by atoms with Crippen LogP contribution in [-0.2, 0) is 4.74 Å². The molecule has 1 N–H and O–H groups in total. The minimum Gasteiger partial charge on any atom is -0.378 e. The Kier molecular flexibility index (Phi) is 5.48. The van der Waals surface area contributed by atoms with E-state index in [1.54, 1.807) is 13.8 Å². The van der Waals surface area contributed by atoms with Gasteiger partial charge >= 0.3 is 0 Å². The van der Waals surface area contributed by atoms with Gasteiger partial charge in [-0.05, 0) is 19.4 Å². The fourth-order valence-corrected chi connectivity index (χ4v) is 1.18. The van der Waals surface area contributed by atoms with Crippen LogP contribution in [0.15, 0.2) is 36.4 Å². The second-order valence-corrected chi connectivity index (χ2v) is 4.19. The van der Waals surface area contributed by atoms with Crippen LogP contribution in [-0.4, -0.2) is 23.9 Å². The van der Waals surface area contributed by atoms with Gasteiger partial charge in [0.15, 0.2) is 0 Å². The van der Waals surface area contributed by atoms with E-state index in [1.165, 1.54) is 0 Å². The Morgan fingerprint density at radius 2 is 2.00 bits per heavy atom. The zero-order chi connectivity index (χ0) is 12.6. The zero-order valence-electron chi connectivity index (χ0n) is 10.3. The van der Waals surface area contributed by atoms with Crippen molar-refractivity contribution in [3.05, 3.63) is 42.0 Å². The lowest BCUT2D eigenvalue weighted by Crippen LogP contribution is -2.14. The molecule has 0 saturated heterocycles. The Balaban J connectivity index is 2.20. The smallest absolute Gasteiger partial charge is 0.120 e. The maximum atomic E-state index is 9.33. The molecule has 1 rings (SSSR count). The first-order valence-corrected chi connectivity index (χ1v) is 5.60. The van der Waals surface area contributed by atoms with Crippen molar-refractivity contribution in [3.63, 3.8) is 0 Å². The van der Waals surface area contributed by atoms with Gasteiger partial charge < -0.3 is 9.84 Å². The third-order valence-corrected chi connectivity index (χ3v) is 1.89. The van der Waals surface area contributed by atoms with Gasteiger partial charge in [0.25, 0.3) is 0 Å². The van der Waals surface area contributed by atoms with Crippen molar-refractivity contribution < 1.29 is 9.84 Å². The van der Waals surface area contributed by atoms with Gasteiger partial charge in [-0.15, -0.1) is 0 Å². The number of aliphatic hydroxyl groups is 1. The molecule has 0 heterocycles. The molecular weight excluding hydrogens is 212 g/mol. The SMILES string of the molecule is CC(C)(O)C#CCOC/C=C\c1ccccc1. The summed E-state index contributed by atoms with van der Waals surface area (Å²) in [4.78, 5) is 0. The molecule has 17 heavy (non-hydrogen) atoms. The van der Waals surface area contributed by atoms with Gasteiger partial charge in [-0.2, -0.15) is 0 Å². The fourth-order valence-electron chi connectivity index (χ4n) is 1.18. The Morgan fingerprint density at radius 3 is 2.65 bits per heavy atom. The Hall–Kier alpha value is -1.56. The number of hydrogen-bond donors (Lipinski definition) is 1. The van der Waals surface area contributed by atoms with E-state index < -0.39 is 5.60 Å². The third kappa shape index (κ3) is 7.35. The van der Waals surface area contributed by atoms with E-state index in [0.717, 1.165) is 5.56 Å². The van der Waals surface area contributed by atoms with Crippen molar-refractivity contribution in [1.82, 2.24) is 0 Å². The molecule has 0 saturated carbocycles. The van der Waals surface area contributed by atoms with Crippen molar-refractivity contribution in [2.45, 2.75) is 19.4 Å². The summed E-state index contributed by atoms with van der Waals surface area (Å²) < 4.78 is 5.28. The van der Waals surface area contributed by atoms with E-state index >= 15 is 0 Å². The molecule has 2 nitrogen and oxygen atoms in total. The molecule has 0 bridgehead atoms. The molecule has 0 aliphatic carbocycles. The molecule has 2 heteroatoms. The van der Waals surface area contributed by atoms with Crippen molar-refractivity contribution in [3.8, 4) is 11.8 Å². The van der Waals surface area contributed by atoms with E-state index in [2.05, 4.69) is 11.8 Å². The van der Waals surface area contributed by atoms with Gasteiger partial charge in [-0.25, -0.2) is 0 Å². The highest BCUT2D eigenvalue weighted by Crippen LogP contribution is 2.00. The number of hydrogen-bond acceptors (Lipinski definition) is 2. The molecule has 0 unspecified atom stereocenters. The van der Waals surface area contributed by atoms with Crippen LogP contribution < -0.4 is 0 Å². The van der Waals surface area contributed by atoms with Gasteiger partial charge in [0.2, 0.25) is 0 Å². The zero-order valence-corrected chi connectivity index (χ0v) is 10.3. The molecule has 0 aliphatic heterocycles. The highest BCUT2D eigenvalue weighted by Gasteiger charge is 2.04. The van der Waals surface area contributed by atoms with Crippen LogP contribution in [0, 0.1) is 11.8 Å². The van der Waals surface area contributed by atoms with Crippen LogP contribution in [0.1, 0.15) is 19.4 Å². The second kappa shape index (κ2) is 6.90. The first-order chi connectivity index (χ1) is 8.08. The minimum absolute atomic E-state index is 0.336. The standard InChI is InChI=1S/C15H18O2/c1-15(2,16)11-7-13-17-12-6-10-14-8-4-3-5-9-14/h3-6,8-10,16H,12-13H2,1-2H3/b10-6-. The highest BCUT2D eigenvalue weighted by atomic mass is 16.5. The van der Waals surface area contributed by atoms with Crippen LogP contribution in [0.25, 0.3) is 6.08 Å². The predicted octanol–water partition coefficient (Wildman–Crippen LogP) is 2.49. The van der Waals surface area contributed by atoms with Gasteiger partial charge in [-0.1, -0.05) is 54.3 Å². The predicted molar refractivity (Wildman–Crippen MR) is 70.4 cm³/mol. The van der Waals surface area contributed by atoms with Gasteiger partial charge in [0.1, 0.15) is 12.2 Å². The largest absolute Gasteiger partial charge is 0.378 e. The maximum absolute atomic E-state index is 9.33. The molecular formula is C15H18O2. The highest BCUT2D eigenvalue weighted by molar-refractivity contribution is 5.48. The summed E-state index contributed by atoms with van der Waals surface area (Å²) in [5, 5.41) is 9.33. The molecule has 0 radical (unpaired) electrons. The Bertz CT molecular complexity index is 402. The maximum Gasteiger partial charge on any atom is 0.120 e. The second-order valence-electron chi connectivity index (χ2n) is 4.19. The quantitative estimate of drug-likeness (QED) is 0.636. The van der Waals surface area contributed by atoms with E-state index in [-0.39, 0.29) is 0 Å². The number of ether oxygens (including phenoxy) is 1. The molecule has 0 amide bonds. The van der Waals surface area contributed by atoms with Crippen LogP contribution in [0.3, 0.4) is 0 Å². The van der Waals surface area contributed by atoms with E-state index in [0.29, 0.717) is 13.2 Å². The first-order valence-electron chi connectivity index (χ1n) is 5.60. The topological polar surface area (TPSA) is 29.5 Å². The van der Waals surface area contributed by atoms with Crippen LogP contribution in [0.2, 0.25) is 0 Å². The number of benzene rings is 1. The summed E-state index contributed by atoms with van der Waals surface area (Å²) in [6.45, 7) is 4.16. The molecule has 0 spiro atoms. The average Bonchev–Trinajstić information content (AvgIpc) is 2.28. The summed E-state index contributed by atoms with van der Waals surface area (Å²) >= 11 is 0. The summed E-state index contributed by atoms with van der Waals surface area (Å²) in [6.07, 6.45) is 3.95. The molecule has 1 aromatic carbocycles. The number of rotatable bonds is 4. The third-order valence-electron chi connectivity index (χ3n) is 1.89.